The fourth-order valence-electron chi connectivity index (χ4n) is 4.71. The number of pyridine rings is 1. The average molecular weight is 399 g/mol. The fourth-order valence-corrected chi connectivity index (χ4v) is 4.71. The minimum atomic E-state index is -1.28. The molecule has 2 amide bonds. The summed E-state index contributed by atoms with van der Waals surface area (Å²) in [6.07, 6.45) is 3.46. The van der Waals surface area contributed by atoms with Crippen molar-refractivity contribution >= 4 is 34.4 Å². The van der Waals surface area contributed by atoms with Gasteiger partial charge in [0.15, 0.2) is 0 Å². The number of carbonyl (C=O) groups is 3. The van der Waals surface area contributed by atoms with E-state index in [1.807, 2.05) is 0 Å². The van der Waals surface area contributed by atoms with Crippen LogP contribution < -0.4 is 10.0 Å². The Balaban J connectivity index is 1.58. The molecule has 3 aromatic rings. The molecule has 1 aromatic heterocycles. The number of aromatic carboxylic acids is 1. The number of fused-ring (bicyclic) bond motifs is 2. The van der Waals surface area contributed by atoms with E-state index in [2.05, 4.69) is 4.98 Å². The first kappa shape index (κ1) is 18.5. The summed E-state index contributed by atoms with van der Waals surface area (Å²) in [5.41, 5.74) is 2.18. The van der Waals surface area contributed by atoms with Crippen molar-refractivity contribution in [3.63, 3.8) is 0 Å². The third kappa shape index (κ3) is 2.87. The standard InChI is InChI=1S/C24H20N2O4/c27-22-17-9-1-2-10-18(17)23(28)26(22)15-7-5-6-14(12-15)21-13-19(24(29)30)16-8-3-4-11-20(16)25-21/h3-8,11-13,17-18H,1-2,9-10H2,(H,29,30)/p-1/t17-,18+. The van der Waals surface area contributed by atoms with E-state index in [0.717, 1.165) is 25.7 Å². The van der Waals surface area contributed by atoms with Gasteiger partial charge in [-0.1, -0.05) is 43.2 Å². The highest BCUT2D eigenvalue weighted by molar-refractivity contribution is 6.22. The molecule has 0 unspecified atom stereocenters. The van der Waals surface area contributed by atoms with E-state index in [4.69, 9.17) is 0 Å². The van der Waals surface area contributed by atoms with Crippen molar-refractivity contribution in [2.75, 3.05) is 4.90 Å². The summed E-state index contributed by atoms with van der Waals surface area (Å²) in [5.74, 6) is -2.00. The molecule has 2 aromatic carbocycles. The Hall–Kier alpha value is -3.54. The highest BCUT2D eigenvalue weighted by Gasteiger charge is 2.48. The molecule has 2 atom stereocenters. The molecule has 0 N–H and O–H groups in total. The van der Waals surface area contributed by atoms with E-state index in [-0.39, 0.29) is 29.2 Å². The molecule has 1 saturated carbocycles. The minimum Gasteiger partial charge on any atom is -0.545 e. The molecule has 1 saturated heterocycles. The van der Waals surface area contributed by atoms with Crippen LogP contribution in [0.3, 0.4) is 0 Å². The van der Waals surface area contributed by atoms with E-state index in [1.54, 1.807) is 48.5 Å². The van der Waals surface area contributed by atoms with E-state index in [1.165, 1.54) is 11.0 Å². The molecule has 0 bridgehead atoms. The second kappa shape index (κ2) is 7.06. The lowest BCUT2D eigenvalue weighted by atomic mass is 9.81. The third-order valence-corrected chi connectivity index (χ3v) is 6.18. The van der Waals surface area contributed by atoms with Crippen LogP contribution in [-0.2, 0) is 9.59 Å². The molecular weight excluding hydrogens is 380 g/mol. The molecular formula is C24H19N2O4-. The number of para-hydroxylation sites is 1. The Morgan fingerprint density at radius 3 is 2.33 bits per heavy atom. The Morgan fingerprint density at radius 2 is 1.63 bits per heavy atom. The van der Waals surface area contributed by atoms with Gasteiger partial charge >= 0.3 is 0 Å². The lowest BCUT2D eigenvalue weighted by molar-refractivity contribution is -0.254. The van der Waals surface area contributed by atoms with Gasteiger partial charge in [-0.3, -0.25) is 14.5 Å². The molecule has 2 heterocycles. The summed E-state index contributed by atoms with van der Waals surface area (Å²) in [7, 11) is 0. The van der Waals surface area contributed by atoms with Crippen molar-refractivity contribution in [2.24, 2.45) is 11.8 Å². The SMILES string of the molecule is O=C([O-])c1cc(-c2cccc(N3C(=O)[C@H]4CCCC[C@H]4C3=O)c2)nc2ccccc12. The predicted octanol–water partition coefficient (Wildman–Crippen LogP) is 2.94. The van der Waals surface area contributed by atoms with Crippen LogP contribution in [0.25, 0.3) is 22.2 Å². The molecule has 2 aliphatic rings. The first-order valence-electron chi connectivity index (χ1n) is 10.1. The molecule has 0 spiro atoms. The van der Waals surface area contributed by atoms with Gasteiger partial charge in [0.25, 0.3) is 0 Å². The van der Waals surface area contributed by atoms with E-state index >= 15 is 0 Å². The van der Waals surface area contributed by atoms with Crippen molar-refractivity contribution in [1.82, 2.24) is 4.98 Å². The van der Waals surface area contributed by atoms with Crippen LogP contribution in [0.15, 0.2) is 54.6 Å². The number of rotatable bonds is 3. The quantitative estimate of drug-likeness (QED) is 0.632. The zero-order valence-electron chi connectivity index (χ0n) is 16.2. The van der Waals surface area contributed by atoms with Crippen molar-refractivity contribution in [3.8, 4) is 11.3 Å². The zero-order chi connectivity index (χ0) is 20.8. The van der Waals surface area contributed by atoms with E-state index in [0.29, 0.717) is 27.8 Å². The normalized spacial score (nSPS) is 21.1. The maximum Gasteiger partial charge on any atom is 0.237 e. The third-order valence-electron chi connectivity index (χ3n) is 6.18. The number of hydrogen-bond donors (Lipinski definition) is 0. The monoisotopic (exact) mass is 399 g/mol. The van der Waals surface area contributed by atoms with Gasteiger partial charge in [-0.05, 0) is 37.1 Å². The number of hydrogen-bond acceptors (Lipinski definition) is 5. The Morgan fingerprint density at radius 1 is 0.933 bits per heavy atom. The van der Waals surface area contributed by atoms with Crippen LogP contribution in [0.5, 0.6) is 0 Å². The second-order valence-electron chi connectivity index (χ2n) is 7.92. The molecule has 0 radical (unpaired) electrons. The number of benzene rings is 2. The summed E-state index contributed by atoms with van der Waals surface area (Å²) < 4.78 is 0. The smallest absolute Gasteiger partial charge is 0.237 e. The first-order chi connectivity index (χ1) is 14.5. The molecule has 1 aliphatic carbocycles. The lowest BCUT2D eigenvalue weighted by Gasteiger charge is -2.19. The molecule has 150 valence electrons. The van der Waals surface area contributed by atoms with Gasteiger partial charge in [-0.15, -0.1) is 0 Å². The van der Waals surface area contributed by atoms with Gasteiger partial charge < -0.3 is 9.90 Å². The summed E-state index contributed by atoms with van der Waals surface area (Å²) >= 11 is 0. The lowest BCUT2D eigenvalue weighted by Crippen LogP contribution is -2.30. The molecule has 1 aliphatic heterocycles. The largest absolute Gasteiger partial charge is 0.545 e. The van der Waals surface area contributed by atoms with Gasteiger partial charge in [-0.25, -0.2) is 4.98 Å². The Bertz CT molecular complexity index is 1180. The Labute approximate surface area is 173 Å². The average Bonchev–Trinajstić information content (AvgIpc) is 3.03. The highest BCUT2D eigenvalue weighted by Crippen LogP contribution is 2.40. The number of imide groups is 1. The van der Waals surface area contributed by atoms with Crippen LogP contribution >= 0.6 is 0 Å². The highest BCUT2D eigenvalue weighted by atomic mass is 16.4. The molecule has 2 fully saturated rings. The predicted molar refractivity (Wildman–Crippen MR) is 109 cm³/mol. The fraction of sp³-hybridized carbons (Fsp3) is 0.250. The van der Waals surface area contributed by atoms with Crippen LogP contribution in [0.1, 0.15) is 36.0 Å². The van der Waals surface area contributed by atoms with Gasteiger partial charge in [0.05, 0.1) is 34.7 Å². The van der Waals surface area contributed by atoms with Crippen LogP contribution in [0.2, 0.25) is 0 Å². The summed E-state index contributed by atoms with van der Waals surface area (Å²) in [6, 6.07) is 15.5. The summed E-state index contributed by atoms with van der Waals surface area (Å²) in [4.78, 5) is 43.4. The van der Waals surface area contributed by atoms with Crippen molar-refractivity contribution in [3.05, 3.63) is 60.2 Å². The zero-order valence-corrected chi connectivity index (χ0v) is 16.2. The van der Waals surface area contributed by atoms with Crippen LogP contribution in [-0.4, -0.2) is 22.8 Å². The van der Waals surface area contributed by atoms with Crippen LogP contribution in [0.4, 0.5) is 5.69 Å². The molecule has 6 heteroatoms. The topological polar surface area (TPSA) is 90.4 Å². The van der Waals surface area contributed by atoms with E-state index < -0.39 is 5.97 Å². The first-order valence-corrected chi connectivity index (χ1v) is 10.1. The number of nitrogens with zero attached hydrogens (tertiary/aromatic N) is 2. The number of anilines is 1. The number of carboxylic acids is 1. The van der Waals surface area contributed by atoms with E-state index in [9.17, 15) is 19.5 Å². The number of carbonyl (C=O) groups excluding carboxylic acids is 3. The van der Waals surface area contributed by atoms with Crippen LogP contribution in [0, 0.1) is 11.8 Å². The Kier molecular flexibility index (Phi) is 4.35. The number of amides is 2. The molecule has 6 nitrogen and oxygen atoms in total. The van der Waals surface area contributed by atoms with Crippen molar-refractivity contribution in [2.45, 2.75) is 25.7 Å². The van der Waals surface area contributed by atoms with Crippen molar-refractivity contribution < 1.29 is 19.5 Å². The summed E-state index contributed by atoms with van der Waals surface area (Å²) in [6.45, 7) is 0. The van der Waals surface area contributed by atoms with Gasteiger partial charge in [0.1, 0.15) is 0 Å². The maximum atomic E-state index is 12.9. The van der Waals surface area contributed by atoms with Gasteiger partial charge in [0, 0.05) is 16.5 Å². The maximum absolute atomic E-state index is 12.9. The molecule has 30 heavy (non-hydrogen) atoms. The number of aromatic nitrogens is 1. The van der Waals surface area contributed by atoms with Gasteiger partial charge in [0.2, 0.25) is 11.8 Å². The van der Waals surface area contributed by atoms with Gasteiger partial charge in [-0.2, -0.15) is 0 Å². The molecule has 5 rings (SSSR count). The summed E-state index contributed by atoms with van der Waals surface area (Å²) in [5, 5.41) is 12.2. The van der Waals surface area contributed by atoms with Crippen molar-refractivity contribution in [1.29, 1.82) is 0 Å². The minimum absolute atomic E-state index is 0.0559. The number of carboxylic acid groups (broad SMARTS) is 1. The second-order valence-corrected chi connectivity index (χ2v) is 7.92.